The van der Waals surface area contributed by atoms with Crippen molar-refractivity contribution in [3.05, 3.63) is 16.1 Å². The summed E-state index contributed by atoms with van der Waals surface area (Å²) in [7, 11) is -1.40. The van der Waals surface area contributed by atoms with Crippen LogP contribution in [0, 0.1) is 11.5 Å². The highest BCUT2D eigenvalue weighted by molar-refractivity contribution is 7.12. The van der Waals surface area contributed by atoms with Crippen LogP contribution in [0.2, 0.25) is 19.6 Å². The van der Waals surface area contributed by atoms with Gasteiger partial charge >= 0.3 is 0 Å². The summed E-state index contributed by atoms with van der Waals surface area (Å²) in [5.74, 6) is 2.72. The molecule has 0 atom stereocenters. The van der Waals surface area contributed by atoms with Crippen molar-refractivity contribution in [2.75, 3.05) is 13.2 Å². The first-order valence-corrected chi connectivity index (χ1v) is 12.1. The van der Waals surface area contributed by atoms with Crippen molar-refractivity contribution < 1.29 is 14.6 Å². The standard InChI is InChI=1S/C16H23NO3SSi/c1-22(2,3)11-4-14-17-12-13(21-14)15(18)5-7-16(8-6-15)19-9-10-20-16/h12,18H,5-10H2,1-3H3. The molecule has 2 fully saturated rings. The van der Waals surface area contributed by atoms with Crippen LogP contribution in [0.1, 0.15) is 35.6 Å². The lowest BCUT2D eigenvalue weighted by Crippen LogP contribution is -2.41. The minimum Gasteiger partial charge on any atom is -0.384 e. The molecule has 0 unspecified atom stereocenters. The molecule has 1 aliphatic heterocycles. The van der Waals surface area contributed by atoms with Crippen LogP contribution >= 0.6 is 11.3 Å². The van der Waals surface area contributed by atoms with Gasteiger partial charge in [0.2, 0.25) is 0 Å². The maximum absolute atomic E-state index is 10.9. The van der Waals surface area contributed by atoms with E-state index in [0.29, 0.717) is 26.1 Å². The third-order valence-electron chi connectivity index (χ3n) is 4.16. The molecule has 2 aliphatic rings. The second kappa shape index (κ2) is 5.73. The Morgan fingerprint density at radius 2 is 1.82 bits per heavy atom. The van der Waals surface area contributed by atoms with Gasteiger partial charge in [0.25, 0.3) is 0 Å². The quantitative estimate of drug-likeness (QED) is 0.632. The van der Waals surface area contributed by atoms with E-state index in [1.807, 2.05) is 0 Å². The molecule has 1 N–H and O–H groups in total. The summed E-state index contributed by atoms with van der Waals surface area (Å²) in [6.07, 6.45) is 4.55. The van der Waals surface area contributed by atoms with Crippen molar-refractivity contribution >= 4 is 19.4 Å². The zero-order valence-corrected chi connectivity index (χ0v) is 15.3. The number of rotatable bonds is 1. The highest BCUT2D eigenvalue weighted by Gasteiger charge is 2.46. The van der Waals surface area contributed by atoms with E-state index in [4.69, 9.17) is 9.47 Å². The average molecular weight is 338 g/mol. The summed E-state index contributed by atoms with van der Waals surface area (Å²) < 4.78 is 11.5. The monoisotopic (exact) mass is 337 g/mol. The summed E-state index contributed by atoms with van der Waals surface area (Å²) in [5.41, 5.74) is 2.51. The third-order valence-corrected chi connectivity index (χ3v) is 6.14. The largest absolute Gasteiger partial charge is 0.384 e. The fourth-order valence-electron chi connectivity index (χ4n) is 2.86. The Morgan fingerprint density at radius 3 is 2.41 bits per heavy atom. The zero-order chi connectivity index (χ0) is 15.8. The van der Waals surface area contributed by atoms with Crippen molar-refractivity contribution in [3.63, 3.8) is 0 Å². The predicted octanol–water partition coefficient (Wildman–Crippen LogP) is 2.88. The van der Waals surface area contributed by atoms with E-state index in [-0.39, 0.29) is 0 Å². The highest BCUT2D eigenvalue weighted by Crippen LogP contribution is 2.46. The van der Waals surface area contributed by atoms with Crippen molar-refractivity contribution in [2.24, 2.45) is 0 Å². The van der Waals surface area contributed by atoms with Crippen LogP contribution in [0.4, 0.5) is 0 Å². The topological polar surface area (TPSA) is 51.6 Å². The minimum atomic E-state index is -1.40. The molecule has 1 spiro atoms. The van der Waals surface area contributed by atoms with Crippen molar-refractivity contribution in [1.29, 1.82) is 0 Å². The maximum Gasteiger partial charge on any atom is 0.168 e. The van der Waals surface area contributed by atoms with Gasteiger partial charge in [0, 0.05) is 19.0 Å². The van der Waals surface area contributed by atoms with Gasteiger partial charge in [0.1, 0.15) is 13.7 Å². The molecule has 4 nitrogen and oxygen atoms in total. The van der Waals surface area contributed by atoms with Gasteiger partial charge in [-0.1, -0.05) is 19.6 Å². The van der Waals surface area contributed by atoms with E-state index in [9.17, 15) is 5.11 Å². The van der Waals surface area contributed by atoms with Crippen LogP contribution in [0.3, 0.4) is 0 Å². The van der Waals surface area contributed by atoms with Gasteiger partial charge in [-0.05, 0) is 18.8 Å². The lowest BCUT2D eigenvalue weighted by Gasteiger charge is -2.39. The molecule has 1 aromatic rings. The molecule has 120 valence electrons. The number of aromatic nitrogens is 1. The predicted molar refractivity (Wildman–Crippen MR) is 89.3 cm³/mol. The van der Waals surface area contributed by atoms with E-state index in [0.717, 1.165) is 22.7 Å². The SMILES string of the molecule is C[Si](C)(C)C#Cc1ncc(C2(O)CCC3(CC2)OCCO3)s1. The van der Waals surface area contributed by atoms with E-state index in [1.165, 1.54) is 11.3 Å². The molecule has 0 bridgehead atoms. The molecule has 3 rings (SSSR count). The Labute approximate surface area is 136 Å². The Balaban J connectivity index is 1.71. The van der Waals surface area contributed by atoms with E-state index >= 15 is 0 Å². The lowest BCUT2D eigenvalue weighted by molar-refractivity contribution is -0.203. The smallest absolute Gasteiger partial charge is 0.168 e. The fraction of sp³-hybridized carbons (Fsp3) is 0.688. The first kappa shape index (κ1) is 16.2. The molecule has 6 heteroatoms. The fourth-order valence-corrected chi connectivity index (χ4v) is 4.36. The molecule has 0 radical (unpaired) electrons. The molecule has 2 heterocycles. The number of thiazole rings is 1. The summed E-state index contributed by atoms with van der Waals surface area (Å²) in [6.45, 7) is 7.96. The molecule has 0 amide bonds. The molecule has 1 aromatic heterocycles. The number of aliphatic hydroxyl groups is 1. The van der Waals surface area contributed by atoms with Crippen LogP contribution in [0.5, 0.6) is 0 Å². The molecular formula is C16H23NO3SSi. The molecule has 1 saturated carbocycles. The Kier molecular flexibility index (Phi) is 4.21. The average Bonchev–Trinajstić information content (AvgIpc) is 3.10. The maximum atomic E-state index is 10.9. The normalized spacial score (nSPS) is 23.3. The van der Waals surface area contributed by atoms with Crippen LogP contribution in [0.15, 0.2) is 6.20 Å². The number of nitrogens with zero attached hydrogens (tertiary/aromatic N) is 1. The van der Waals surface area contributed by atoms with E-state index < -0.39 is 19.5 Å². The molecule has 0 aromatic carbocycles. The van der Waals surface area contributed by atoms with Gasteiger partial charge in [-0.25, -0.2) is 4.98 Å². The first-order chi connectivity index (χ1) is 10.3. The van der Waals surface area contributed by atoms with Crippen LogP contribution in [-0.2, 0) is 15.1 Å². The summed E-state index contributed by atoms with van der Waals surface area (Å²) in [4.78, 5) is 5.29. The minimum absolute atomic E-state index is 0.447. The Hall–Kier alpha value is -0.713. The van der Waals surface area contributed by atoms with Gasteiger partial charge in [-0.15, -0.1) is 16.9 Å². The molecule has 1 aliphatic carbocycles. The third kappa shape index (κ3) is 3.44. The van der Waals surface area contributed by atoms with E-state index in [1.54, 1.807) is 6.20 Å². The highest BCUT2D eigenvalue weighted by atomic mass is 32.1. The second-order valence-corrected chi connectivity index (χ2v) is 12.9. The summed E-state index contributed by atoms with van der Waals surface area (Å²) >= 11 is 1.52. The summed E-state index contributed by atoms with van der Waals surface area (Å²) in [5, 5.41) is 11.8. The van der Waals surface area contributed by atoms with Gasteiger partial charge in [-0.3, -0.25) is 0 Å². The summed E-state index contributed by atoms with van der Waals surface area (Å²) in [6, 6.07) is 0. The van der Waals surface area contributed by atoms with Gasteiger partial charge in [0.15, 0.2) is 10.8 Å². The van der Waals surface area contributed by atoms with Crippen molar-refractivity contribution in [3.8, 4) is 11.5 Å². The zero-order valence-electron chi connectivity index (χ0n) is 13.4. The molecular weight excluding hydrogens is 314 g/mol. The first-order valence-electron chi connectivity index (χ1n) is 7.80. The second-order valence-electron chi connectivity index (χ2n) is 7.17. The lowest BCUT2D eigenvalue weighted by atomic mass is 9.80. The van der Waals surface area contributed by atoms with Crippen LogP contribution in [-0.4, -0.2) is 37.2 Å². The number of hydrogen-bond donors (Lipinski definition) is 1. The molecule has 1 saturated heterocycles. The van der Waals surface area contributed by atoms with Gasteiger partial charge < -0.3 is 14.6 Å². The number of hydrogen-bond acceptors (Lipinski definition) is 5. The Morgan fingerprint density at radius 1 is 1.18 bits per heavy atom. The van der Waals surface area contributed by atoms with Gasteiger partial charge in [-0.2, -0.15) is 0 Å². The van der Waals surface area contributed by atoms with Crippen LogP contribution in [0.25, 0.3) is 0 Å². The van der Waals surface area contributed by atoms with E-state index in [2.05, 4.69) is 36.1 Å². The van der Waals surface area contributed by atoms with Crippen LogP contribution < -0.4 is 0 Å². The van der Waals surface area contributed by atoms with Crippen molar-refractivity contribution in [2.45, 2.75) is 56.7 Å². The number of ether oxygens (including phenoxy) is 2. The Bertz CT molecular complexity index is 595. The molecule has 22 heavy (non-hydrogen) atoms. The van der Waals surface area contributed by atoms with Gasteiger partial charge in [0.05, 0.1) is 18.1 Å². The van der Waals surface area contributed by atoms with Crippen molar-refractivity contribution in [1.82, 2.24) is 4.98 Å².